The Morgan fingerprint density at radius 3 is 2.23 bits per heavy atom. The van der Waals surface area contributed by atoms with Gasteiger partial charge >= 0.3 is 0 Å². The molecule has 1 aliphatic heterocycles. The van der Waals surface area contributed by atoms with Gasteiger partial charge in [-0.25, -0.2) is 0 Å². The molecule has 2 N–H and O–H groups in total. The van der Waals surface area contributed by atoms with E-state index in [1.807, 2.05) is 66.7 Å². The van der Waals surface area contributed by atoms with Gasteiger partial charge in [0.1, 0.15) is 23.9 Å². The molecule has 0 spiro atoms. The van der Waals surface area contributed by atoms with Crippen LogP contribution in [0.2, 0.25) is 0 Å². The summed E-state index contributed by atoms with van der Waals surface area (Å²) in [6.45, 7) is 0.839. The van der Waals surface area contributed by atoms with Crippen LogP contribution in [0.4, 0.5) is 0 Å². The van der Waals surface area contributed by atoms with Crippen LogP contribution in [0.1, 0.15) is 16.7 Å². The van der Waals surface area contributed by atoms with Gasteiger partial charge in [-0.1, -0.05) is 54.6 Å². The second-order valence-corrected chi connectivity index (χ2v) is 6.66. The van der Waals surface area contributed by atoms with Crippen LogP contribution in [-0.4, -0.2) is 23.4 Å². The molecule has 4 rings (SSSR count). The Hall–Kier alpha value is -3.32. The molecule has 3 aromatic rings. The van der Waals surface area contributed by atoms with Gasteiger partial charge in [0.15, 0.2) is 6.61 Å². The fourth-order valence-corrected chi connectivity index (χ4v) is 3.08. The van der Waals surface area contributed by atoms with E-state index in [9.17, 15) is 4.79 Å². The van der Waals surface area contributed by atoms with E-state index in [2.05, 4.69) is 5.43 Å². The molecule has 7 heteroatoms. The molecule has 0 radical (unpaired) electrons. The number of fused-ring (bicyclic) bond motifs is 1. The average molecular weight is 468 g/mol. The Morgan fingerprint density at radius 2 is 1.53 bits per heavy atom. The normalized spacial score (nSPS) is 12.0. The van der Waals surface area contributed by atoms with Crippen molar-refractivity contribution in [1.29, 1.82) is 5.41 Å². The van der Waals surface area contributed by atoms with Crippen molar-refractivity contribution in [3.05, 3.63) is 95.6 Å². The van der Waals surface area contributed by atoms with Gasteiger partial charge in [-0.15, -0.1) is 17.0 Å². The van der Waals surface area contributed by atoms with Gasteiger partial charge in [0.05, 0.1) is 6.54 Å². The maximum atomic E-state index is 12.2. The summed E-state index contributed by atoms with van der Waals surface area (Å²) >= 11 is 0. The number of nitrogens with zero attached hydrogens (tertiary/aromatic N) is 1. The molecule has 30 heavy (non-hydrogen) atoms. The first-order valence-corrected chi connectivity index (χ1v) is 9.32. The van der Waals surface area contributed by atoms with Gasteiger partial charge < -0.3 is 9.47 Å². The molecular weight excluding hydrogens is 446 g/mol. The molecule has 0 fully saturated rings. The van der Waals surface area contributed by atoms with Gasteiger partial charge in [0, 0.05) is 5.56 Å². The first kappa shape index (κ1) is 21.4. The van der Waals surface area contributed by atoms with Crippen LogP contribution in [0.15, 0.2) is 78.9 Å². The maximum absolute atomic E-state index is 12.2. The van der Waals surface area contributed by atoms with Crippen molar-refractivity contribution in [3.63, 3.8) is 0 Å². The highest BCUT2D eigenvalue weighted by atomic mass is 79.9. The standard InChI is InChI=1S/C23H21N3O3.BrH/c24-23-21-9-5-4-8-18(21)14-26(23)25-22(27)16-29-20-12-10-19(11-13-20)28-15-17-6-2-1-3-7-17;/h1-13,24H,14-16H2,(H,25,27);1H. The number of rotatable bonds is 7. The number of amidine groups is 1. The molecule has 6 nitrogen and oxygen atoms in total. The summed E-state index contributed by atoms with van der Waals surface area (Å²) in [4.78, 5) is 12.2. The number of hydrazine groups is 1. The van der Waals surface area contributed by atoms with Crippen LogP contribution in [0.25, 0.3) is 0 Å². The van der Waals surface area contributed by atoms with E-state index >= 15 is 0 Å². The molecule has 1 heterocycles. The van der Waals surface area contributed by atoms with Crippen molar-refractivity contribution in [1.82, 2.24) is 10.4 Å². The lowest BCUT2D eigenvalue weighted by Gasteiger charge is -2.19. The monoisotopic (exact) mass is 467 g/mol. The molecule has 0 unspecified atom stereocenters. The molecule has 0 saturated heterocycles. The van der Waals surface area contributed by atoms with Crippen molar-refractivity contribution < 1.29 is 14.3 Å². The minimum atomic E-state index is -0.313. The summed E-state index contributed by atoms with van der Waals surface area (Å²) in [5.41, 5.74) is 5.66. The van der Waals surface area contributed by atoms with Crippen molar-refractivity contribution in [2.24, 2.45) is 0 Å². The van der Waals surface area contributed by atoms with Crippen molar-refractivity contribution >= 4 is 28.7 Å². The molecule has 0 bridgehead atoms. The Kier molecular flexibility index (Phi) is 7.08. The van der Waals surface area contributed by atoms with Crippen LogP contribution in [-0.2, 0) is 17.9 Å². The summed E-state index contributed by atoms with van der Waals surface area (Å²) < 4.78 is 11.3. The van der Waals surface area contributed by atoms with Gasteiger partial charge in [-0.05, 0) is 35.4 Å². The summed E-state index contributed by atoms with van der Waals surface area (Å²) in [6.07, 6.45) is 0. The lowest BCUT2D eigenvalue weighted by atomic mass is 10.1. The first-order valence-electron chi connectivity index (χ1n) is 9.32. The number of benzene rings is 3. The molecule has 0 saturated carbocycles. The van der Waals surface area contributed by atoms with E-state index in [0.29, 0.717) is 18.9 Å². The molecule has 0 aromatic heterocycles. The van der Waals surface area contributed by atoms with Crippen molar-refractivity contribution in [2.75, 3.05) is 6.61 Å². The smallest absolute Gasteiger partial charge is 0.276 e. The first-order chi connectivity index (χ1) is 14.2. The van der Waals surface area contributed by atoms with E-state index in [1.54, 1.807) is 12.1 Å². The van der Waals surface area contributed by atoms with E-state index in [4.69, 9.17) is 14.9 Å². The number of ether oxygens (including phenoxy) is 2. The third-order valence-corrected chi connectivity index (χ3v) is 4.57. The molecule has 1 aliphatic rings. The molecule has 154 valence electrons. The van der Waals surface area contributed by atoms with Crippen LogP contribution in [0, 0.1) is 5.41 Å². The zero-order chi connectivity index (χ0) is 20.1. The third kappa shape index (κ3) is 5.18. The van der Waals surface area contributed by atoms with Gasteiger partial charge in [0.2, 0.25) is 0 Å². The minimum Gasteiger partial charge on any atom is -0.489 e. The zero-order valence-corrected chi connectivity index (χ0v) is 17.9. The maximum Gasteiger partial charge on any atom is 0.276 e. The molecule has 3 aromatic carbocycles. The quantitative estimate of drug-likeness (QED) is 0.548. The highest BCUT2D eigenvalue weighted by Gasteiger charge is 2.24. The SMILES string of the molecule is Br.N=C1c2ccccc2CN1NC(=O)COc1ccc(OCc2ccccc2)cc1. The van der Waals surface area contributed by atoms with E-state index in [1.165, 1.54) is 5.01 Å². The largest absolute Gasteiger partial charge is 0.489 e. The molecule has 0 atom stereocenters. The Bertz CT molecular complexity index is 1010. The van der Waals surface area contributed by atoms with Gasteiger partial charge in [-0.3, -0.25) is 20.6 Å². The predicted molar refractivity (Wildman–Crippen MR) is 120 cm³/mol. The lowest BCUT2D eigenvalue weighted by Crippen LogP contribution is -2.44. The molecule has 1 amide bonds. The van der Waals surface area contributed by atoms with Crippen molar-refractivity contribution in [3.8, 4) is 11.5 Å². The second kappa shape index (κ2) is 9.93. The van der Waals surface area contributed by atoms with Gasteiger partial charge in [-0.2, -0.15) is 0 Å². The number of nitrogens with one attached hydrogen (secondary N) is 2. The number of halogens is 1. The number of carbonyl (C=O) groups is 1. The second-order valence-electron chi connectivity index (χ2n) is 6.66. The van der Waals surface area contributed by atoms with Crippen LogP contribution in [0.3, 0.4) is 0 Å². The highest BCUT2D eigenvalue weighted by Crippen LogP contribution is 2.21. The Morgan fingerprint density at radius 1 is 0.900 bits per heavy atom. The van der Waals surface area contributed by atoms with Gasteiger partial charge in [0.25, 0.3) is 5.91 Å². The Balaban J connectivity index is 0.00000256. The summed E-state index contributed by atoms with van der Waals surface area (Å²) in [5, 5.41) is 9.68. The van der Waals surface area contributed by atoms with Crippen LogP contribution >= 0.6 is 17.0 Å². The average Bonchev–Trinajstić information content (AvgIpc) is 3.08. The number of hydrogen-bond acceptors (Lipinski definition) is 4. The lowest BCUT2D eigenvalue weighted by molar-refractivity contribution is -0.126. The summed E-state index contributed by atoms with van der Waals surface area (Å²) in [6, 6.07) is 24.7. The van der Waals surface area contributed by atoms with E-state index < -0.39 is 0 Å². The highest BCUT2D eigenvalue weighted by molar-refractivity contribution is 8.93. The molecular formula is C23H22BrN3O3. The number of carbonyl (C=O) groups excluding carboxylic acids is 1. The zero-order valence-electron chi connectivity index (χ0n) is 16.2. The minimum absolute atomic E-state index is 0. The van der Waals surface area contributed by atoms with Crippen LogP contribution < -0.4 is 14.9 Å². The summed E-state index contributed by atoms with van der Waals surface area (Å²) in [7, 11) is 0. The third-order valence-electron chi connectivity index (χ3n) is 4.57. The molecule has 0 aliphatic carbocycles. The number of amides is 1. The van der Waals surface area contributed by atoms with E-state index in [-0.39, 0.29) is 35.3 Å². The van der Waals surface area contributed by atoms with E-state index in [0.717, 1.165) is 22.4 Å². The van der Waals surface area contributed by atoms with Crippen LogP contribution in [0.5, 0.6) is 11.5 Å². The Labute approximate surface area is 185 Å². The predicted octanol–water partition coefficient (Wildman–Crippen LogP) is 4.09. The fraction of sp³-hybridized carbons (Fsp3) is 0.130. The number of hydrogen-bond donors (Lipinski definition) is 2. The van der Waals surface area contributed by atoms with Crippen molar-refractivity contribution in [2.45, 2.75) is 13.2 Å². The topological polar surface area (TPSA) is 74.7 Å². The fourth-order valence-electron chi connectivity index (χ4n) is 3.08. The summed E-state index contributed by atoms with van der Waals surface area (Å²) in [5.74, 6) is 1.28.